The number of amides is 1. The smallest absolute Gasteiger partial charge is 0.263 e. The summed E-state index contributed by atoms with van der Waals surface area (Å²) >= 11 is 6.81. The van der Waals surface area contributed by atoms with Crippen molar-refractivity contribution in [1.82, 2.24) is 9.55 Å². The highest BCUT2D eigenvalue weighted by Crippen LogP contribution is 2.24. The Kier molecular flexibility index (Phi) is 5.35. The van der Waals surface area contributed by atoms with Gasteiger partial charge >= 0.3 is 0 Å². The summed E-state index contributed by atoms with van der Waals surface area (Å²) in [6.45, 7) is 8.33. The zero-order chi connectivity index (χ0) is 19.8. The molecule has 3 aromatic rings. The summed E-state index contributed by atoms with van der Waals surface area (Å²) in [5.41, 5.74) is 1.70. The second-order valence-corrected chi connectivity index (χ2v) is 9.03. The molecular weight excluding hydrogens is 378 g/mol. The normalized spacial score (nSPS) is 11.7. The van der Waals surface area contributed by atoms with Crippen molar-refractivity contribution in [3.05, 3.63) is 55.9 Å². The van der Waals surface area contributed by atoms with Gasteiger partial charge in [-0.3, -0.25) is 14.2 Å². The second-order valence-electron chi connectivity index (χ2n) is 7.51. The number of hydrogen-bond donors (Lipinski definition) is 2. The minimum Gasteiger partial charge on any atom is -0.325 e. The molecule has 0 atom stereocenters. The molecule has 0 fully saturated rings. The van der Waals surface area contributed by atoms with Gasteiger partial charge in [-0.05, 0) is 47.8 Å². The second kappa shape index (κ2) is 7.40. The summed E-state index contributed by atoms with van der Waals surface area (Å²) in [5, 5.41) is 3.41. The SMILES string of the molecule is CCc1cc2c(=O)n(CC(=O)Nc3ccc(C(C)(C)C)cc3)c(=S)[nH]c2s1. The van der Waals surface area contributed by atoms with Crippen LogP contribution in [0.1, 0.15) is 38.1 Å². The topological polar surface area (TPSA) is 66.9 Å². The van der Waals surface area contributed by atoms with Gasteiger partial charge in [-0.1, -0.05) is 39.8 Å². The summed E-state index contributed by atoms with van der Waals surface area (Å²) in [4.78, 5) is 30.1. The van der Waals surface area contributed by atoms with E-state index in [9.17, 15) is 9.59 Å². The minimum absolute atomic E-state index is 0.0518. The van der Waals surface area contributed by atoms with Crippen LogP contribution in [-0.2, 0) is 23.2 Å². The molecule has 5 nitrogen and oxygen atoms in total. The largest absolute Gasteiger partial charge is 0.325 e. The predicted molar refractivity (Wildman–Crippen MR) is 114 cm³/mol. The fourth-order valence-corrected chi connectivity index (χ4v) is 4.11. The molecule has 142 valence electrons. The van der Waals surface area contributed by atoms with Crippen LogP contribution in [0.2, 0.25) is 0 Å². The third-order valence-corrected chi connectivity index (χ3v) is 5.93. The van der Waals surface area contributed by atoms with Crippen LogP contribution in [0.25, 0.3) is 10.2 Å². The van der Waals surface area contributed by atoms with E-state index in [1.807, 2.05) is 37.3 Å². The van der Waals surface area contributed by atoms with Crippen LogP contribution < -0.4 is 10.9 Å². The summed E-state index contributed by atoms with van der Waals surface area (Å²) in [5.74, 6) is -0.287. The first-order valence-corrected chi connectivity index (χ1v) is 10.1. The number of thiophene rings is 1. The van der Waals surface area contributed by atoms with Crippen LogP contribution in [0.15, 0.2) is 35.1 Å². The number of aromatic nitrogens is 2. The van der Waals surface area contributed by atoms with Crippen molar-refractivity contribution < 1.29 is 4.79 Å². The Labute approximate surface area is 167 Å². The zero-order valence-electron chi connectivity index (χ0n) is 15.9. The highest BCUT2D eigenvalue weighted by atomic mass is 32.1. The Morgan fingerprint density at radius 2 is 1.93 bits per heavy atom. The molecule has 0 saturated carbocycles. The van der Waals surface area contributed by atoms with Crippen molar-refractivity contribution in [3.8, 4) is 0 Å². The first kappa shape index (κ1) is 19.5. The number of H-pyrrole nitrogens is 1. The quantitative estimate of drug-likeness (QED) is 0.627. The summed E-state index contributed by atoms with van der Waals surface area (Å²) in [6, 6.07) is 9.61. The Balaban J connectivity index is 1.82. The van der Waals surface area contributed by atoms with Crippen molar-refractivity contribution >= 4 is 45.4 Å². The van der Waals surface area contributed by atoms with Gasteiger partial charge in [-0.2, -0.15) is 0 Å². The molecular formula is C20H23N3O2S2. The van der Waals surface area contributed by atoms with E-state index in [0.29, 0.717) is 11.1 Å². The van der Waals surface area contributed by atoms with Gasteiger partial charge in [0, 0.05) is 10.6 Å². The molecule has 1 aromatic carbocycles. The number of nitrogens with zero attached hydrogens (tertiary/aromatic N) is 1. The molecule has 2 heterocycles. The maximum atomic E-state index is 12.7. The van der Waals surface area contributed by atoms with Crippen LogP contribution in [0, 0.1) is 4.77 Å². The van der Waals surface area contributed by atoms with Gasteiger partial charge in [0.25, 0.3) is 5.56 Å². The number of fused-ring (bicyclic) bond motifs is 1. The molecule has 0 spiro atoms. The number of hydrogen-bond acceptors (Lipinski definition) is 4. The maximum Gasteiger partial charge on any atom is 0.263 e. The fraction of sp³-hybridized carbons (Fsp3) is 0.350. The molecule has 0 unspecified atom stereocenters. The van der Waals surface area contributed by atoms with E-state index in [1.54, 1.807) is 0 Å². The fourth-order valence-electron chi connectivity index (χ4n) is 2.81. The predicted octanol–water partition coefficient (Wildman–Crippen LogP) is 4.62. The van der Waals surface area contributed by atoms with E-state index in [0.717, 1.165) is 16.1 Å². The van der Waals surface area contributed by atoms with Crippen LogP contribution in [0.4, 0.5) is 5.69 Å². The van der Waals surface area contributed by atoms with Gasteiger partial charge in [0.1, 0.15) is 11.4 Å². The average molecular weight is 402 g/mol. The Morgan fingerprint density at radius 1 is 1.26 bits per heavy atom. The molecule has 0 saturated heterocycles. The molecule has 3 rings (SSSR count). The van der Waals surface area contributed by atoms with Crippen molar-refractivity contribution in [2.45, 2.75) is 46.1 Å². The Morgan fingerprint density at radius 3 is 2.52 bits per heavy atom. The van der Waals surface area contributed by atoms with Gasteiger partial charge in [0.15, 0.2) is 4.77 Å². The highest BCUT2D eigenvalue weighted by Gasteiger charge is 2.14. The van der Waals surface area contributed by atoms with Crippen LogP contribution in [0.3, 0.4) is 0 Å². The van der Waals surface area contributed by atoms with Gasteiger partial charge in [-0.25, -0.2) is 0 Å². The summed E-state index contributed by atoms with van der Waals surface area (Å²) in [7, 11) is 0. The van der Waals surface area contributed by atoms with Crippen LogP contribution in [0.5, 0.6) is 0 Å². The molecule has 0 bridgehead atoms. The first-order valence-electron chi connectivity index (χ1n) is 8.85. The number of nitrogens with one attached hydrogen (secondary N) is 2. The Hall–Kier alpha value is -2.25. The van der Waals surface area contributed by atoms with E-state index in [1.165, 1.54) is 21.5 Å². The molecule has 7 heteroatoms. The third kappa shape index (κ3) is 4.20. The van der Waals surface area contributed by atoms with Crippen LogP contribution >= 0.6 is 23.6 Å². The molecule has 2 aromatic heterocycles. The molecule has 0 aliphatic rings. The van der Waals surface area contributed by atoms with E-state index in [4.69, 9.17) is 12.2 Å². The van der Waals surface area contributed by atoms with Gasteiger partial charge in [0.05, 0.1) is 5.39 Å². The van der Waals surface area contributed by atoms with E-state index >= 15 is 0 Å². The lowest BCUT2D eigenvalue weighted by Gasteiger charge is -2.19. The van der Waals surface area contributed by atoms with Crippen molar-refractivity contribution in [1.29, 1.82) is 0 Å². The van der Waals surface area contributed by atoms with Crippen LogP contribution in [-0.4, -0.2) is 15.5 Å². The standard InChI is InChI=1S/C20H23N3O2S2/c1-5-14-10-15-17(27-14)22-19(26)23(18(15)25)11-16(24)21-13-8-6-12(7-9-13)20(2,3)4/h6-10H,5,11H2,1-4H3,(H,21,24)(H,22,26). The molecule has 0 aliphatic carbocycles. The first-order chi connectivity index (χ1) is 12.7. The maximum absolute atomic E-state index is 12.7. The monoisotopic (exact) mass is 401 g/mol. The zero-order valence-corrected chi connectivity index (χ0v) is 17.5. The molecule has 27 heavy (non-hydrogen) atoms. The number of carbonyl (C=O) groups is 1. The minimum atomic E-state index is -0.287. The third-order valence-electron chi connectivity index (χ3n) is 4.41. The molecule has 1 amide bonds. The number of anilines is 1. The van der Waals surface area contributed by atoms with Gasteiger partial charge < -0.3 is 10.3 Å². The molecule has 2 N–H and O–H groups in total. The summed E-state index contributed by atoms with van der Waals surface area (Å²) < 4.78 is 1.57. The average Bonchev–Trinajstić information content (AvgIpc) is 3.01. The van der Waals surface area contributed by atoms with E-state index in [-0.39, 0.29) is 28.2 Å². The van der Waals surface area contributed by atoms with Gasteiger partial charge in [0.2, 0.25) is 5.91 Å². The number of rotatable bonds is 4. The number of benzene rings is 1. The van der Waals surface area contributed by atoms with Crippen molar-refractivity contribution in [2.75, 3.05) is 5.32 Å². The number of carbonyl (C=O) groups excluding carboxylic acids is 1. The van der Waals surface area contributed by atoms with E-state index in [2.05, 4.69) is 31.1 Å². The molecule has 0 aliphatic heterocycles. The lowest BCUT2D eigenvalue weighted by molar-refractivity contribution is -0.116. The lowest BCUT2D eigenvalue weighted by Crippen LogP contribution is -2.28. The van der Waals surface area contributed by atoms with Gasteiger partial charge in [-0.15, -0.1) is 11.3 Å². The Bertz CT molecular complexity index is 1100. The summed E-state index contributed by atoms with van der Waals surface area (Å²) in [6.07, 6.45) is 0.852. The lowest BCUT2D eigenvalue weighted by atomic mass is 9.87. The highest BCUT2D eigenvalue weighted by molar-refractivity contribution is 7.71. The number of aryl methyl sites for hydroxylation is 1. The van der Waals surface area contributed by atoms with Crippen molar-refractivity contribution in [2.24, 2.45) is 0 Å². The number of aromatic amines is 1. The van der Waals surface area contributed by atoms with E-state index < -0.39 is 0 Å². The molecule has 0 radical (unpaired) electrons. The van der Waals surface area contributed by atoms with Crippen molar-refractivity contribution in [3.63, 3.8) is 0 Å².